The highest BCUT2D eigenvalue weighted by molar-refractivity contribution is 6.25. The van der Waals surface area contributed by atoms with Crippen molar-refractivity contribution in [1.29, 1.82) is 0 Å². The topological polar surface area (TPSA) is 61.0 Å². The highest BCUT2D eigenvalue weighted by Crippen LogP contribution is 2.48. The molecule has 0 saturated heterocycles. The molecule has 5 heteroatoms. The molecule has 1 aliphatic rings. The molecular formula is C39H21N3O2. The summed E-state index contributed by atoms with van der Waals surface area (Å²) < 4.78 is 12.8. The zero-order chi connectivity index (χ0) is 28.8. The summed E-state index contributed by atoms with van der Waals surface area (Å²) in [5.41, 5.74) is 4.31. The van der Waals surface area contributed by atoms with Crippen molar-refractivity contribution in [1.82, 2.24) is 15.0 Å². The van der Waals surface area contributed by atoms with Crippen molar-refractivity contribution in [2.45, 2.75) is 0 Å². The Bertz CT molecular complexity index is 2640. The summed E-state index contributed by atoms with van der Waals surface area (Å²) >= 11 is 0. The number of para-hydroxylation sites is 1. The van der Waals surface area contributed by atoms with Gasteiger partial charge in [-0.05, 0) is 46.5 Å². The first-order chi connectivity index (χ1) is 21.8. The number of hydrogen-bond acceptors (Lipinski definition) is 5. The van der Waals surface area contributed by atoms with Crippen LogP contribution in [0.2, 0.25) is 0 Å². The Hall–Kier alpha value is -6.07. The van der Waals surface area contributed by atoms with Crippen LogP contribution in [0.1, 0.15) is 0 Å². The van der Waals surface area contributed by atoms with Crippen LogP contribution in [-0.4, -0.2) is 15.0 Å². The van der Waals surface area contributed by atoms with E-state index in [4.69, 9.17) is 24.1 Å². The van der Waals surface area contributed by atoms with Crippen molar-refractivity contribution < 1.29 is 9.15 Å². The number of hydrogen-bond donors (Lipinski definition) is 0. The van der Waals surface area contributed by atoms with Crippen LogP contribution in [0.15, 0.2) is 132 Å². The van der Waals surface area contributed by atoms with Gasteiger partial charge in [0.25, 0.3) is 0 Å². The first-order valence-electron chi connectivity index (χ1n) is 14.6. The lowest BCUT2D eigenvalue weighted by molar-refractivity contribution is 0.493. The van der Waals surface area contributed by atoms with Crippen LogP contribution in [0.25, 0.3) is 88.4 Å². The molecule has 204 valence electrons. The molecule has 0 radical (unpaired) electrons. The van der Waals surface area contributed by atoms with Crippen LogP contribution < -0.4 is 4.74 Å². The van der Waals surface area contributed by atoms with Gasteiger partial charge in [-0.1, -0.05) is 97.1 Å². The van der Waals surface area contributed by atoms with Crippen molar-refractivity contribution in [2.24, 2.45) is 0 Å². The summed E-state index contributed by atoms with van der Waals surface area (Å²) in [6, 6.07) is 43.3. The second-order valence-electron chi connectivity index (χ2n) is 11.2. The molecule has 0 saturated carbocycles. The number of benzene rings is 7. The zero-order valence-electron chi connectivity index (χ0n) is 23.3. The molecule has 0 bridgehead atoms. The molecule has 0 spiro atoms. The van der Waals surface area contributed by atoms with Crippen molar-refractivity contribution in [2.75, 3.05) is 0 Å². The molecular weight excluding hydrogens is 542 g/mol. The van der Waals surface area contributed by atoms with Gasteiger partial charge in [-0.2, -0.15) is 0 Å². The Kier molecular flexibility index (Phi) is 4.66. The number of ether oxygens (including phenoxy) is 1. The van der Waals surface area contributed by atoms with Crippen LogP contribution in [-0.2, 0) is 0 Å². The smallest absolute Gasteiger partial charge is 0.164 e. The SMILES string of the molecule is c1ccc(-c2nc(-c3cc4c5c(ccc6ccc7cccc(c7c65)O4)c3)nc(-c3cccc4oc5ccccc5c34)n2)cc1. The summed E-state index contributed by atoms with van der Waals surface area (Å²) in [7, 11) is 0. The fourth-order valence-corrected chi connectivity index (χ4v) is 6.70. The van der Waals surface area contributed by atoms with Gasteiger partial charge in [0.2, 0.25) is 0 Å². The Morgan fingerprint density at radius 3 is 1.98 bits per heavy atom. The maximum atomic E-state index is 6.59. The highest BCUT2D eigenvalue weighted by atomic mass is 16.5. The molecule has 0 N–H and O–H groups in total. The summed E-state index contributed by atoms with van der Waals surface area (Å²) in [5, 5.41) is 8.97. The van der Waals surface area contributed by atoms with Gasteiger partial charge >= 0.3 is 0 Å². The predicted molar refractivity (Wildman–Crippen MR) is 176 cm³/mol. The minimum atomic E-state index is 0.581. The van der Waals surface area contributed by atoms with Gasteiger partial charge in [-0.15, -0.1) is 0 Å². The Balaban J connectivity index is 1.25. The predicted octanol–water partition coefficient (Wildman–Crippen LogP) is 10.3. The van der Waals surface area contributed by atoms with E-state index in [0.29, 0.717) is 17.5 Å². The lowest BCUT2D eigenvalue weighted by Gasteiger charge is -2.21. The van der Waals surface area contributed by atoms with Crippen LogP contribution in [0.3, 0.4) is 0 Å². The first-order valence-corrected chi connectivity index (χ1v) is 14.6. The summed E-state index contributed by atoms with van der Waals surface area (Å²) in [6.07, 6.45) is 0. The molecule has 0 unspecified atom stereocenters. The number of nitrogens with zero attached hydrogens (tertiary/aromatic N) is 3. The fourth-order valence-electron chi connectivity index (χ4n) is 6.70. The zero-order valence-corrected chi connectivity index (χ0v) is 23.3. The Labute approximate surface area is 251 Å². The van der Waals surface area contributed by atoms with Crippen molar-refractivity contribution in [3.05, 3.63) is 127 Å². The molecule has 5 nitrogen and oxygen atoms in total. The summed E-state index contributed by atoms with van der Waals surface area (Å²) in [5.74, 6) is 3.45. The van der Waals surface area contributed by atoms with Gasteiger partial charge < -0.3 is 9.15 Å². The van der Waals surface area contributed by atoms with Crippen molar-refractivity contribution >= 4 is 54.3 Å². The van der Waals surface area contributed by atoms with Gasteiger partial charge in [0, 0.05) is 43.6 Å². The van der Waals surface area contributed by atoms with E-state index < -0.39 is 0 Å². The lowest BCUT2D eigenvalue weighted by Crippen LogP contribution is -2.01. The Morgan fingerprint density at radius 2 is 1.09 bits per heavy atom. The third-order valence-corrected chi connectivity index (χ3v) is 8.65. The van der Waals surface area contributed by atoms with E-state index in [9.17, 15) is 0 Å². The van der Waals surface area contributed by atoms with Gasteiger partial charge in [-0.25, -0.2) is 15.0 Å². The molecule has 44 heavy (non-hydrogen) atoms. The summed E-state index contributed by atoms with van der Waals surface area (Å²) in [4.78, 5) is 15.2. The van der Waals surface area contributed by atoms with Crippen molar-refractivity contribution in [3.63, 3.8) is 0 Å². The molecule has 2 aromatic heterocycles. The third-order valence-electron chi connectivity index (χ3n) is 8.65. The van der Waals surface area contributed by atoms with E-state index in [1.807, 2.05) is 72.8 Å². The van der Waals surface area contributed by atoms with Crippen molar-refractivity contribution in [3.8, 4) is 45.7 Å². The first kappa shape index (κ1) is 23.5. The molecule has 0 amide bonds. The lowest BCUT2D eigenvalue weighted by atomic mass is 9.92. The number of furan rings is 1. The van der Waals surface area contributed by atoms with E-state index in [-0.39, 0.29) is 0 Å². The van der Waals surface area contributed by atoms with E-state index in [2.05, 4.69) is 54.6 Å². The number of aromatic nitrogens is 3. The standard InChI is InChI=1S/C39H21N3O2/c1-2-8-24(9-3-1)37-40-38(42-39(41-37)28-12-7-15-31-36(28)27-11-4-5-13-29(27)43-31)26-20-25-19-18-23-17-16-22-10-6-14-30-33(22)35(23)34(25)32(21-26)44-30/h1-21H. The van der Waals surface area contributed by atoms with Crippen LogP contribution in [0.5, 0.6) is 11.5 Å². The average molecular weight is 564 g/mol. The Morgan fingerprint density at radius 1 is 0.409 bits per heavy atom. The minimum absolute atomic E-state index is 0.581. The molecule has 0 aliphatic carbocycles. The fraction of sp³-hybridized carbons (Fsp3) is 0. The molecule has 0 fully saturated rings. The number of rotatable bonds is 3. The monoisotopic (exact) mass is 563 g/mol. The molecule has 9 aromatic rings. The molecule has 7 aromatic carbocycles. The maximum Gasteiger partial charge on any atom is 0.164 e. The highest BCUT2D eigenvalue weighted by Gasteiger charge is 2.22. The van der Waals surface area contributed by atoms with Gasteiger partial charge in [0.15, 0.2) is 17.5 Å². The largest absolute Gasteiger partial charge is 0.456 e. The quantitative estimate of drug-likeness (QED) is 0.200. The van der Waals surface area contributed by atoms with Gasteiger partial charge in [0.05, 0.1) is 0 Å². The molecule has 10 rings (SSSR count). The number of fused-ring (bicyclic) bond motifs is 3. The van der Waals surface area contributed by atoms with E-state index >= 15 is 0 Å². The normalized spacial score (nSPS) is 12.3. The second-order valence-corrected chi connectivity index (χ2v) is 11.2. The van der Waals surface area contributed by atoms with Gasteiger partial charge in [-0.3, -0.25) is 0 Å². The van der Waals surface area contributed by atoms with Crippen LogP contribution in [0, 0.1) is 0 Å². The van der Waals surface area contributed by atoms with Crippen LogP contribution in [0.4, 0.5) is 0 Å². The van der Waals surface area contributed by atoms with Gasteiger partial charge in [0.1, 0.15) is 22.7 Å². The van der Waals surface area contributed by atoms with E-state index in [1.54, 1.807) is 0 Å². The third kappa shape index (κ3) is 3.32. The van der Waals surface area contributed by atoms with E-state index in [1.165, 1.54) is 16.2 Å². The molecule has 1 aliphatic heterocycles. The van der Waals surface area contributed by atoms with Crippen LogP contribution >= 0.6 is 0 Å². The molecule has 3 heterocycles. The van der Waals surface area contributed by atoms with E-state index in [0.717, 1.165) is 66.3 Å². The average Bonchev–Trinajstić information content (AvgIpc) is 3.47. The maximum absolute atomic E-state index is 6.59. The molecule has 0 atom stereocenters. The summed E-state index contributed by atoms with van der Waals surface area (Å²) in [6.45, 7) is 0. The second kappa shape index (κ2) is 8.72. The minimum Gasteiger partial charge on any atom is -0.456 e.